The molecular formula is C12H11BrO5. The Bertz CT molecular complexity index is 495. The highest BCUT2D eigenvalue weighted by atomic mass is 79.9. The minimum absolute atomic E-state index is 0.386. The predicted octanol–water partition coefficient (Wildman–Crippen LogP) is 2.40. The molecule has 0 aliphatic carbocycles. The van der Waals surface area contributed by atoms with Crippen molar-refractivity contribution in [3.8, 4) is 5.75 Å². The van der Waals surface area contributed by atoms with Crippen molar-refractivity contribution in [2.24, 2.45) is 0 Å². The van der Waals surface area contributed by atoms with Crippen molar-refractivity contribution in [3.05, 3.63) is 34.3 Å². The summed E-state index contributed by atoms with van der Waals surface area (Å²) in [6.45, 7) is 1.42. The minimum atomic E-state index is -1.06. The lowest BCUT2D eigenvalue weighted by atomic mass is 10.2. The second kappa shape index (κ2) is 6.20. The van der Waals surface area contributed by atoms with E-state index in [1.54, 1.807) is 18.2 Å². The van der Waals surface area contributed by atoms with Crippen molar-refractivity contribution in [1.82, 2.24) is 0 Å². The normalized spacial score (nSPS) is 12.3. The summed E-state index contributed by atoms with van der Waals surface area (Å²) < 4.78 is 5.76. The molecule has 1 atom stereocenters. The smallest absolute Gasteiger partial charge is 0.344 e. The lowest BCUT2D eigenvalue weighted by Crippen LogP contribution is -2.23. The highest BCUT2D eigenvalue weighted by molar-refractivity contribution is 9.10. The number of benzene rings is 1. The quantitative estimate of drug-likeness (QED) is 0.815. The van der Waals surface area contributed by atoms with Gasteiger partial charge in [-0.3, -0.25) is 0 Å². The Kier molecular flexibility index (Phi) is 4.91. The van der Waals surface area contributed by atoms with Crippen molar-refractivity contribution in [3.63, 3.8) is 0 Å². The van der Waals surface area contributed by atoms with E-state index in [9.17, 15) is 9.59 Å². The van der Waals surface area contributed by atoms with Crippen molar-refractivity contribution < 1.29 is 24.5 Å². The number of halogens is 1. The molecule has 1 aromatic carbocycles. The van der Waals surface area contributed by atoms with E-state index in [-0.39, 0.29) is 0 Å². The number of ether oxygens (including phenoxy) is 1. The highest BCUT2D eigenvalue weighted by Crippen LogP contribution is 2.27. The first kappa shape index (κ1) is 14.2. The fourth-order valence-corrected chi connectivity index (χ4v) is 1.61. The second-order valence-electron chi connectivity index (χ2n) is 3.46. The van der Waals surface area contributed by atoms with E-state index in [2.05, 4.69) is 15.9 Å². The van der Waals surface area contributed by atoms with Gasteiger partial charge in [0.2, 0.25) is 0 Å². The third kappa shape index (κ3) is 4.21. The van der Waals surface area contributed by atoms with Crippen LogP contribution in [0.1, 0.15) is 12.5 Å². The summed E-state index contributed by atoms with van der Waals surface area (Å²) in [5.74, 6) is -1.71. The zero-order valence-corrected chi connectivity index (χ0v) is 11.0. The summed E-state index contributed by atoms with van der Waals surface area (Å²) in [5, 5.41) is 17.2. The largest absolute Gasteiger partial charge is 0.479 e. The van der Waals surface area contributed by atoms with Crippen LogP contribution in [0, 0.1) is 0 Å². The van der Waals surface area contributed by atoms with Gasteiger partial charge in [-0.2, -0.15) is 0 Å². The van der Waals surface area contributed by atoms with Gasteiger partial charge in [-0.05, 0) is 46.6 Å². The Morgan fingerprint density at radius 3 is 2.56 bits per heavy atom. The summed E-state index contributed by atoms with van der Waals surface area (Å²) in [5.41, 5.74) is 0.666. The summed E-state index contributed by atoms with van der Waals surface area (Å²) >= 11 is 3.23. The molecule has 0 radical (unpaired) electrons. The van der Waals surface area contributed by atoms with Crippen LogP contribution in [0.5, 0.6) is 5.75 Å². The molecule has 5 nitrogen and oxygen atoms in total. The van der Waals surface area contributed by atoms with Crippen LogP contribution in [0.4, 0.5) is 0 Å². The van der Waals surface area contributed by atoms with Crippen LogP contribution in [0.25, 0.3) is 6.08 Å². The van der Waals surface area contributed by atoms with Gasteiger partial charge in [-0.25, -0.2) is 9.59 Å². The van der Waals surface area contributed by atoms with Gasteiger partial charge >= 0.3 is 11.9 Å². The molecule has 1 unspecified atom stereocenters. The molecule has 6 heteroatoms. The standard InChI is InChI=1S/C12H11BrO5/c1-7(12(16)17)18-10-4-2-8(6-9(10)13)3-5-11(14)15/h2-7H,1H3,(H,14,15)(H,16,17). The van der Waals surface area contributed by atoms with Gasteiger partial charge in [0.1, 0.15) is 5.75 Å². The van der Waals surface area contributed by atoms with Crippen molar-refractivity contribution >= 4 is 33.9 Å². The fourth-order valence-electron chi connectivity index (χ4n) is 1.12. The molecule has 0 heterocycles. The molecule has 96 valence electrons. The Morgan fingerprint density at radius 2 is 2.06 bits per heavy atom. The molecule has 1 aromatic rings. The maximum atomic E-state index is 10.6. The van der Waals surface area contributed by atoms with Crippen LogP contribution in [0.3, 0.4) is 0 Å². The number of hydrogen-bond donors (Lipinski definition) is 2. The first-order valence-corrected chi connectivity index (χ1v) is 5.79. The molecule has 0 amide bonds. The van der Waals surface area contributed by atoms with Crippen LogP contribution in [-0.4, -0.2) is 28.3 Å². The molecule has 0 saturated carbocycles. The average molecular weight is 315 g/mol. The Labute approximate surface area is 112 Å². The maximum Gasteiger partial charge on any atom is 0.344 e. The minimum Gasteiger partial charge on any atom is -0.479 e. The molecule has 0 fully saturated rings. The summed E-state index contributed by atoms with van der Waals surface area (Å²) in [6, 6.07) is 4.85. The molecule has 0 aliphatic rings. The molecule has 2 N–H and O–H groups in total. The Hall–Kier alpha value is -1.82. The zero-order chi connectivity index (χ0) is 13.7. The Morgan fingerprint density at radius 1 is 1.39 bits per heavy atom. The second-order valence-corrected chi connectivity index (χ2v) is 4.31. The molecule has 0 saturated heterocycles. The van der Waals surface area contributed by atoms with Crippen molar-refractivity contribution in [2.75, 3.05) is 0 Å². The SMILES string of the molecule is CC(Oc1ccc(C=CC(=O)O)cc1Br)C(=O)O. The van der Waals surface area contributed by atoms with Gasteiger partial charge in [-0.1, -0.05) is 6.07 Å². The molecule has 18 heavy (non-hydrogen) atoms. The van der Waals surface area contributed by atoms with Crippen LogP contribution >= 0.6 is 15.9 Å². The molecular weight excluding hydrogens is 304 g/mol. The van der Waals surface area contributed by atoms with Crippen molar-refractivity contribution in [1.29, 1.82) is 0 Å². The number of carbonyl (C=O) groups is 2. The lowest BCUT2D eigenvalue weighted by molar-refractivity contribution is -0.144. The lowest BCUT2D eigenvalue weighted by Gasteiger charge is -2.12. The van der Waals surface area contributed by atoms with E-state index in [0.29, 0.717) is 15.8 Å². The van der Waals surface area contributed by atoms with Gasteiger partial charge < -0.3 is 14.9 Å². The van der Waals surface area contributed by atoms with Gasteiger partial charge in [0, 0.05) is 6.08 Å². The average Bonchev–Trinajstić information content (AvgIpc) is 2.29. The molecule has 0 spiro atoms. The first-order valence-electron chi connectivity index (χ1n) is 5.00. The monoisotopic (exact) mass is 314 g/mol. The first-order chi connectivity index (χ1) is 8.40. The van der Waals surface area contributed by atoms with E-state index < -0.39 is 18.0 Å². The van der Waals surface area contributed by atoms with E-state index >= 15 is 0 Å². The number of hydrogen-bond acceptors (Lipinski definition) is 3. The third-order valence-corrected chi connectivity index (χ3v) is 2.65. The van der Waals surface area contributed by atoms with Crippen LogP contribution in [-0.2, 0) is 9.59 Å². The van der Waals surface area contributed by atoms with E-state index in [4.69, 9.17) is 14.9 Å². The summed E-state index contributed by atoms with van der Waals surface area (Å²) in [4.78, 5) is 21.0. The molecule has 1 rings (SSSR count). The predicted molar refractivity (Wildman–Crippen MR) is 68.5 cm³/mol. The number of aliphatic carboxylic acids is 2. The molecule has 0 bridgehead atoms. The summed E-state index contributed by atoms with van der Waals surface area (Å²) in [7, 11) is 0. The maximum absolute atomic E-state index is 10.6. The number of carboxylic acid groups (broad SMARTS) is 2. The molecule has 0 aliphatic heterocycles. The van der Waals surface area contributed by atoms with Gasteiger partial charge in [-0.15, -0.1) is 0 Å². The van der Waals surface area contributed by atoms with E-state index in [1.165, 1.54) is 13.0 Å². The third-order valence-electron chi connectivity index (χ3n) is 2.03. The van der Waals surface area contributed by atoms with Gasteiger partial charge in [0.15, 0.2) is 6.10 Å². The zero-order valence-electron chi connectivity index (χ0n) is 9.46. The number of carboxylic acids is 2. The highest BCUT2D eigenvalue weighted by Gasteiger charge is 2.14. The van der Waals surface area contributed by atoms with Gasteiger partial charge in [0.25, 0.3) is 0 Å². The topological polar surface area (TPSA) is 83.8 Å². The van der Waals surface area contributed by atoms with Crippen LogP contribution in [0.2, 0.25) is 0 Å². The Balaban J connectivity index is 2.86. The van der Waals surface area contributed by atoms with E-state index in [0.717, 1.165) is 6.08 Å². The van der Waals surface area contributed by atoms with E-state index in [1.807, 2.05) is 0 Å². The number of rotatable bonds is 5. The van der Waals surface area contributed by atoms with Crippen LogP contribution < -0.4 is 4.74 Å². The van der Waals surface area contributed by atoms with Gasteiger partial charge in [0.05, 0.1) is 4.47 Å². The van der Waals surface area contributed by atoms with Crippen molar-refractivity contribution in [2.45, 2.75) is 13.0 Å². The van der Waals surface area contributed by atoms with Crippen LogP contribution in [0.15, 0.2) is 28.7 Å². The molecule has 0 aromatic heterocycles. The summed E-state index contributed by atoms with van der Waals surface area (Å²) in [6.07, 6.45) is 1.49. The fraction of sp³-hybridized carbons (Fsp3) is 0.167.